The van der Waals surface area contributed by atoms with Crippen molar-refractivity contribution in [2.45, 2.75) is 55.9 Å². The summed E-state index contributed by atoms with van der Waals surface area (Å²) in [6.07, 6.45) is -27.6. The van der Waals surface area contributed by atoms with Crippen LogP contribution in [0.2, 0.25) is 0 Å². The first kappa shape index (κ1) is 19.4. The third-order valence-corrected chi connectivity index (χ3v) is 2.54. The van der Waals surface area contributed by atoms with Crippen molar-refractivity contribution in [2.24, 2.45) is 0 Å². The molecule has 0 saturated carbocycles. The largest absolute Gasteiger partial charge is 0.366 e. The fourth-order valence-electron chi connectivity index (χ4n) is 1.33. The van der Waals surface area contributed by atoms with Crippen LogP contribution >= 0.6 is 0 Å². The van der Waals surface area contributed by atoms with Crippen LogP contribution in [-0.2, 0) is 0 Å². The van der Waals surface area contributed by atoms with Gasteiger partial charge in [0.1, 0.15) is 6.17 Å². The quantitative estimate of drug-likeness (QED) is 0.504. The van der Waals surface area contributed by atoms with Crippen molar-refractivity contribution in [1.82, 2.24) is 0 Å². The van der Waals surface area contributed by atoms with E-state index >= 15 is 0 Å². The molecule has 0 aromatic heterocycles. The Kier molecular flexibility index (Phi) is 8.33. The second-order valence-electron chi connectivity index (χ2n) is 4.07. The maximum absolute atomic E-state index is 13.1. The number of alkyl halides is 8. The summed E-state index contributed by atoms with van der Waals surface area (Å²) in [7, 11) is 0. The summed E-state index contributed by atoms with van der Waals surface area (Å²) in [5, 5.41) is 16.4. The van der Waals surface area contributed by atoms with Gasteiger partial charge in [-0.05, 0) is 0 Å². The SMILES string of the molecule is OC(O)C(F)C(F)C(F)C(F)C(F)C(F)C(F)CCF. The summed E-state index contributed by atoms with van der Waals surface area (Å²) in [6, 6.07) is 0. The molecular formula is C10H14F8O2. The molecule has 0 aliphatic carbocycles. The molecule has 10 heteroatoms. The molecule has 7 unspecified atom stereocenters. The highest BCUT2D eigenvalue weighted by molar-refractivity contribution is 4.91. The van der Waals surface area contributed by atoms with Crippen molar-refractivity contribution < 1.29 is 45.3 Å². The molecule has 2 nitrogen and oxygen atoms in total. The van der Waals surface area contributed by atoms with Crippen molar-refractivity contribution in [1.29, 1.82) is 0 Å². The Morgan fingerprint density at radius 3 is 1.30 bits per heavy atom. The van der Waals surface area contributed by atoms with Gasteiger partial charge in [0.25, 0.3) is 0 Å². The summed E-state index contributed by atoms with van der Waals surface area (Å²) in [5.41, 5.74) is 0. The van der Waals surface area contributed by atoms with E-state index in [1.807, 2.05) is 0 Å². The van der Waals surface area contributed by atoms with E-state index in [1.165, 1.54) is 0 Å². The van der Waals surface area contributed by atoms with Gasteiger partial charge < -0.3 is 10.2 Å². The lowest BCUT2D eigenvalue weighted by atomic mass is 9.98. The molecule has 0 aromatic rings. The molecule has 0 spiro atoms. The summed E-state index contributed by atoms with van der Waals surface area (Å²) in [6.45, 7) is -1.38. The molecular weight excluding hydrogens is 304 g/mol. The molecule has 7 atom stereocenters. The number of rotatable bonds is 9. The fourth-order valence-corrected chi connectivity index (χ4v) is 1.33. The van der Waals surface area contributed by atoms with Gasteiger partial charge in [-0.3, -0.25) is 4.39 Å². The molecule has 0 aromatic carbocycles. The van der Waals surface area contributed by atoms with Gasteiger partial charge in [0, 0.05) is 6.42 Å². The summed E-state index contributed by atoms with van der Waals surface area (Å²) >= 11 is 0. The number of aliphatic hydroxyl groups is 2. The van der Waals surface area contributed by atoms with E-state index in [-0.39, 0.29) is 0 Å². The molecule has 122 valence electrons. The second-order valence-corrected chi connectivity index (χ2v) is 4.07. The molecule has 0 aliphatic rings. The van der Waals surface area contributed by atoms with Gasteiger partial charge in [-0.15, -0.1) is 0 Å². The molecule has 0 fully saturated rings. The van der Waals surface area contributed by atoms with Crippen molar-refractivity contribution >= 4 is 0 Å². The minimum Gasteiger partial charge on any atom is -0.366 e. The highest BCUT2D eigenvalue weighted by Gasteiger charge is 2.46. The number of hydrogen-bond acceptors (Lipinski definition) is 2. The van der Waals surface area contributed by atoms with Crippen molar-refractivity contribution in [3.05, 3.63) is 0 Å². The van der Waals surface area contributed by atoms with Crippen molar-refractivity contribution in [3.63, 3.8) is 0 Å². The zero-order valence-electron chi connectivity index (χ0n) is 9.95. The van der Waals surface area contributed by atoms with E-state index < -0.39 is 62.6 Å². The van der Waals surface area contributed by atoms with Crippen LogP contribution in [0.4, 0.5) is 35.1 Å². The van der Waals surface area contributed by atoms with Crippen LogP contribution < -0.4 is 0 Å². The van der Waals surface area contributed by atoms with E-state index in [0.717, 1.165) is 0 Å². The lowest BCUT2D eigenvalue weighted by Crippen LogP contribution is -2.47. The average Bonchev–Trinajstić information content (AvgIpc) is 2.42. The van der Waals surface area contributed by atoms with E-state index in [1.54, 1.807) is 0 Å². The van der Waals surface area contributed by atoms with Gasteiger partial charge in [0.05, 0.1) is 6.67 Å². The fraction of sp³-hybridized carbons (Fsp3) is 1.00. The predicted molar refractivity (Wildman–Crippen MR) is 53.1 cm³/mol. The molecule has 0 radical (unpaired) electrons. The Labute approximate surface area is 109 Å². The summed E-state index contributed by atoms with van der Waals surface area (Å²) in [5.74, 6) is 0. The second kappa shape index (κ2) is 8.60. The van der Waals surface area contributed by atoms with Crippen LogP contribution in [-0.4, -0.2) is 66.4 Å². The Morgan fingerprint density at radius 1 is 0.600 bits per heavy atom. The number of aliphatic hydroxyl groups excluding tert-OH is 1. The Morgan fingerprint density at radius 2 is 0.950 bits per heavy atom. The van der Waals surface area contributed by atoms with Gasteiger partial charge in [-0.1, -0.05) is 0 Å². The molecule has 2 N–H and O–H groups in total. The van der Waals surface area contributed by atoms with Crippen LogP contribution in [0.15, 0.2) is 0 Å². The number of hydrogen-bond donors (Lipinski definition) is 2. The third kappa shape index (κ3) is 5.04. The molecule has 0 aliphatic heterocycles. The van der Waals surface area contributed by atoms with Gasteiger partial charge in [0.2, 0.25) is 0 Å². The maximum atomic E-state index is 13.1. The summed E-state index contributed by atoms with van der Waals surface area (Å²) < 4.78 is 102. The smallest absolute Gasteiger partial charge is 0.186 e. The lowest BCUT2D eigenvalue weighted by molar-refractivity contribution is -0.133. The Balaban J connectivity index is 4.66. The predicted octanol–water partition coefficient (Wildman–Crippen LogP) is 2.02. The van der Waals surface area contributed by atoms with Crippen LogP contribution in [0.5, 0.6) is 0 Å². The highest BCUT2D eigenvalue weighted by atomic mass is 19.2. The normalized spacial score (nSPS) is 22.9. The average molecular weight is 318 g/mol. The molecule has 0 rings (SSSR count). The molecule has 20 heavy (non-hydrogen) atoms. The molecule has 0 bridgehead atoms. The van der Waals surface area contributed by atoms with Crippen LogP contribution in [0.1, 0.15) is 6.42 Å². The first-order valence-electron chi connectivity index (χ1n) is 5.55. The van der Waals surface area contributed by atoms with Crippen LogP contribution in [0, 0.1) is 0 Å². The maximum Gasteiger partial charge on any atom is 0.186 e. The third-order valence-electron chi connectivity index (χ3n) is 2.54. The first-order chi connectivity index (χ1) is 9.14. The zero-order valence-corrected chi connectivity index (χ0v) is 9.95. The Bertz CT molecular complexity index is 270. The van der Waals surface area contributed by atoms with Crippen LogP contribution in [0.25, 0.3) is 0 Å². The zero-order chi connectivity index (χ0) is 16.0. The Hall–Kier alpha value is -0.640. The van der Waals surface area contributed by atoms with Crippen molar-refractivity contribution in [2.75, 3.05) is 6.67 Å². The topological polar surface area (TPSA) is 40.5 Å². The molecule has 0 amide bonds. The van der Waals surface area contributed by atoms with E-state index in [0.29, 0.717) is 0 Å². The van der Waals surface area contributed by atoms with Crippen molar-refractivity contribution in [3.8, 4) is 0 Å². The first-order valence-corrected chi connectivity index (χ1v) is 5.55. The standard InChI is InChI=1S/C10H14F8O2/c11-2-1-3(12)4(13)5(14)6(15)7(16)8(17)9(18)10(19)20/h3-10,19-20H,1-2H2. The molecule has 0 saturated heterocycles. The van der Waals surface area contributed by atoms with E-state index in [4.69, 9.17) is 10.2 Å². The van der Waals surface area contributed by atoms with Gasteiger partial charge in [0.15, 0.2) is 43.3 Å². The number of halogens is 8. The minimum absolute atomic E-state index is 1.11. The van der Waals surface area contributed by atoms with E-state index in [2.05, 4.69) is 0 Å². The lowest BCUT2D eigenvalue weighted by Gasteiger charge is -2.25. The van der Waals surface area contributed by atoms with Gasteiger partial charge >= 0.3 is 0 Å². The molecule has 0 heterocycles. The van der Waals surface area contributed by atoms with Crippen LogP contribution in [0.3, 0.4) is 0 Å². The highest BCUT2D eigenvalue weighted by Crippen LogP contribution is 2.27. The van der Waals surface area contributed by atoms with E-state index in [9.17, 15) is 35.1 Å². The summed E-state index contributed by atoms with van der Waals surface area (Å²) in [4.78, 5) is 0. The van der Waals surface area contributed by atoms with Gasteiger partial charge in [-0.2, -0.15) is 0 Å². The van der Waals surface area contributed by atoms with Gasteiger partial charge in [-0.25, -0.2) is 30.7 Å². The monoisotopic (exact) mass is 318 g/mol. The minimum atomic E-state index is -3.59.